The summed E-state index contributed by atoms with van der Waals surface area (Å²) in [6, 6.07) is 7.41. The highest BCUT2D eigenvalue weighted by molar-refractivity contribution is 5.53. The Balaban J connectivity index is 2.04. The summed E-state index contributed by atoms with van der Waals surface area (Å²) in [6.07, 6.45) is 1.26. The Morgan fingerprint density at radius 1 is 1.29 bits per heavy atom. The Kier molecular flexibility index (Phi) is 4.65. The topological polar surface area (TPSA) is 102 Å². The van der Waals surface area contributed by atoms with Crippen molar-refractivity contribution < 1.29 is 14.2 Å². The van der Waals surface area contributed by atoms with Gasteiger partial charge < -0.3 is 9.84 Å². The van der Waals surface area contributed by atoms with Gasteiger partial charge in [0, 0.05) is 11.8 Å². The van der Waals surface area contributed by atoms with Crippen LogP contribution in [0.5, 0.6) is 0 Å². The molecule has 0 saturated carbocycles. The number of aromatic nitrogens is 3. The minimum atomic E-state index is -2.18. The Morgan fingerprint density at radius 2 is 2.03 bits per heavy atom. The number of benzene rings is 1. The van der Waals surface area contributed by atoms with E-state index >= 15 is 0 Å². The van der Waals surface area contributed by atoms with Gasteiger partial charge >= 0.3 is 5.69 Å². The number of ether oxygens (including phenoxy) is 1. The van der Waals surface area contributed by atoms with Gasteiger partial charge in [-0.05, 0) is 44.5 Å². The number of nitrogens with one attached hydrogen (secondary N) is 1. The molecule has 1 atom stereocenters. The predicted octanol–water partition coefficient (Wildman–Crippen LogP) is 2.44. The van der Waals surface area contributed by atoms with E-state index in [1.165, 1.54) is 18.3 Å². The lowest BCUT2D eigenvalue weighted by Gasteiger charge is -2.29. The number of aryl methyl sites for hydroxylation is 1. The second-order valence-corrected chi connectivity index (χ2v) is 7.98. The van der Waals surface area contributed by atoms with Crippen LogP contribution in [-0.4, -0.2) is 19.6 Å². The number of fused-ring (bicyclic) bond motifs is 1. The number of rotatable bonds is 3. The summed E-state index contributed by atoms with van der Waals surface area (Å²) in [7, 11) is 0. The Bertz CT molecular complexity index is 1370. The molecule has 8 nitrogen and oxygen atoms in total. The van der Waals surface area contributed by atoms with Gasteiger partial charge in [0.25, 0.3) is 5.56 Å². The molecule has 1 aliphatic heterocycles. The summed E-state index contributed by atoms with van der Waals surface area (Å²) in [5.41, 5.74) is -1.10. The number of pyridine rings is 1. The maximum atomic E-state index is 13.6. The predicted molar refractivity (Wildman–Crippen MR) is 109 cm³/mol. The van der Waals surface area contributed by atoms with Crippen molar-refractivity contribution in [3.63, 3.8) is 0 Å². The van der Waals surface area contributed by atoms with Crippen LogP contribution in [0.1, 0.15) is 41.8 Å². The molecule has 3 heterocycles. The molecule has 2 aromatic heterocycles. The summed E-state index contributed by atoms with van der Waals surface area (Å²) in [6.45, 7) is 12.1. The third kappa shape index (κ3) is 3.36. The monoisotopic (exact) mass is 422 g/mol. The molecule has 0 bridgehead atoms. The lowest BCUT2D eigenvalue weighted by Crippen LogP contribution is -2.40. The molecule has 0 amide bonds. The first-order chi connectivity index (χ1) is 14.5. The third-order valence-corrected chi connectivity index (χ3v) is 5.24. The second kappa shape index (κ2) is 6.97. The molecule has 1 aliphatic rings. The molecular weight excluding hydrogens is 403 g/mol. The van der Waals surface area contributed by atoms with Crippen molar-refractivity contribution in [3.05, 3.63) is 103 Å². The van der Waals surface area contributed by atoms with Gasteiger partial charge in [-0.15, -0.1) is 0 Å². The van der Waals surface area contributed by atoms with Crippen LogP contribution < -0.4 is 11.2 Å². The van der Waals surface area contributed by atoms with Crippen LogP contribution in [0, 0.1) is 19.4 Å². The van der Waals surface area contributed by atoms with Crippen molar-refractivity contribution in [3.8, 4) is 0 Å². The summed E-state index contributed by atoms with van der Waals surface area (Å²) in [4.78, 5) is 34.7. The largest absolute Gasteiger partial charge is 0.357 e. The van der Waals surface area contributed by atoms with Crippen LogP contribution in [0.2, 0.25) is 0 Å². The zero-order valence-corrected chi connectivity index (χ0v) is 17.1. The van der Waals surface area contributed by atoms with E-state index < -0.39 is 28.6 Å². The highest BCUT2D eigenvalue weighted by Crippen LogP contribution is 2.47. The summed E-state index contributed by atoms with van der Waals surface area (Å²) >= 11 is 0. The first-order valence-electron chi connectivity index (χ1n) is 9.46. The average molecular weight is 422 g/mol. The first kappa shape index (κ1) is 20.7. The number of halogens is 1. The molecule has 1 aromatic carbocycles. The van der Waals surface area contributed by atoms with E-state index in [0.717, 1.165) is 10.6 Å². The fraction of sp³-hybridized carbons (Fsp3) is 0.273. The SMILES string of the molecule is [C-]#[N+]c1cc(C)cc(C2(O)OC(C)(C)c3c2n(Cc2ccnc(F)c2)c(=O)[nH]c3=O)c1. The number of nitrogens with zero attached hydrogens (tertiary/aromatic N) is 3. The van der Waals surface area contributed by atoms with Crippen LogP contribution >= 0.6 is 0 Å². The van der Waals surface area contributed by atoms with E-state index in [1.54, 1.807) is 32.9 Å². The maximum absolute atomic E-state index is 13.6. The second-order valence-electron chi connectivity index (χ2n) is 7.98. The molecule has 0 saturated heterocycles. The lowest BCUT2D eigenvalue weighted by molar-refractivity contribution is -0.225. The fourth-order valence-electron chi connectivity index (χ4n) is 4.04. The Morgan fingerprint density at radius 3 is 2.71 bits per heavy atom. The van der Waals surface area contributed by atoms with E-state index in [0.29, 0.717) is 11.1 Å². The van der Waals surface area contributed by atoms with Crippen LogP contribution in [0.25, 0.3) is 4.85 Å². The van der Waals surface area contributed by atoms with Gasteiger partial charge in [-0.25, -0.2) is 14.6 Å². The van der Waals surface area contributed by atoms with Gasteiger partial charge in [0.2, 0.25) is 11.7 Å². The van der Waals surface area contributed by atoms with Crippen molar-refractivity contribution in [2.75, 3.05) is 0 Å². The molecule has 31 heavy (non-hydrogen) atoms. The number of hydrogen-bond donors (Lipinski definition) is 2. The molecular formula is C22H19FN4O4. The minimum absolute atomic E-state index is 0.0509. The zero-order valence-electron chi connectivity index (χ0n) is 17.1. The van der Waals surface area contributed by atoms with Crippen LogP contribution in [0.4, 0.5) is 10.1 Å². The molecule has 0 fully saturated rings. The molecule has 1 unspecified atom stereocenters. The van der Waals surface area contributed by atoms with E-state index in [1.807, 2.05) is 0 Å². The smallest absolute Gasteiger partial charge is 0.329 e. The first-order valence-corrected chi connectivity index (χ1v) is 9.46. The van der Waals surface area contributed by atoms with E-state index in [9.17, 15) is 19.1 Å². The lowest BCUT2D eigenvalue weighted by atomic mass is 9.94. The van der Waals surface area contributed by atoms with Gasteiger partial charge in [-0.3, -0.25) is 14.3 Å². The van der Waals surface area contributed by atoms with Crippen molar-refractivity contribution in [2.45, 2.75) is 38.7 Å². The highest BCUT2D eigenvalue weighted by Gasteiger charge is 2.53. The summed E-state index contributed by atoms with van der Waals surface area (Å²) in [5.74, 6) is -2.90. The minimum Gasteiger partial charge on any atom is -0.357 e. The quantitative estimate of drug-likeness (QED) is 0.499. The standard InChI is InChI=1S/C22H19FN4O4/c1-12-7-14(10-15(8-12)24-4)22(30)18-17(21(2,3)31-22)19(28)26-20(29)27(18)11-13-5-6-25-16(23)9-13/h5-10,30H,11H2,1-3H3,(H,26,28,29). The number of H-pyrrole nitrogens is 1. The van der Waals surface area contributed by atoms with E-state index in [4.69, 9.17) is 11.3 Å². The van der Waals surface area contributed by atoms with Crippen molar-refractivity contribution in [1.82, 2.24) is 14.5 Å². The maximum Gasteiger partial charge on any atom is 0.329 e. The van der Waals surface area contributed by atoms with Gasteiger partial charge in [0.15, 0.2) is 5.69 Å². The normalized spacial score (nSPS) is 19.1. The van der Waals surface area contributed by atoms with Crippen LogP contribution in [-0.2, 0) is 22.7 Å². The number of hydrogen-bond acceptors (Lipinski definition) is 5. The van der Waals surface area contributed by atoms with Crippen molar-refractivity contribution >= 4 is 5.69 Å². The Hall–Kier alpha value is -3.61. The number of aliphatic hydroxyl groups is 1. The molecule has 0 spiro atoms. The van der Waals surface area contributed by atoms with Gasteiger partial charge in [0.1, 0.15) is 0 Å². The fourth-order valence-corrected chi connectivity index (χ4v) is 4.04. The highest BCUT2D eigenvalue weighted by atomic mass is 19.1. The molecule has 4 rings (SSSR count). The van der Waals surface area contributed by atoms with Crippen molar-refractivity contribution in [2.24, 2.45) is 0 Å². The molecule has 9 heteroatoms. The van der Waals surface area contributed by atoms with Crippen molar-refractivity contribution in [1.29, 1.82) is 0 Å². The molecule has 158 valence electrons. The van der Waals surface area contributed by atoms with Crippen LogP contribution in [0.15, 0.2) is 46.1 Å². The zero-order chi connectivity index (χ0) is 22.6. The van der Waals surface area contributed by atoms with Gasteiger partial charge in [-0.2, -0.15) is 4.39 Å². The molecule has 0 aliphatic carbocycles. The third-order valence-electron chi connectivity index (χ3n) is 5.24. The summed E-state index contributed by atoms with van der Waals surface area (Å²) in [5, 5.41) is 11.7. The Labute approximate surface area is 176 Å². The molecule has 0 radical (unpaired) electrons. The average Bonchev–Trinajstić information content (AvgIpc) is 2.91. The summed E-state index contributed by atoms with van der Waals surface area (Å²) < 4.78 is 20.7. The van der Waals surface area contributed by atoms with Gasteiger partial charge in [0.05, 0.1) is 30.0 Å². The number of aromatic amines is 1. The van der Waals surface area contributed by atoms with E-state index in [2.05, 4.69) is 14.8 Å². The molecule has 3 aromatic rings. The van der Waals surface area contributed by atoms with Crippen LogP contribution in [0.3, 0.4) is 0 Å². The molecule has 2 N–H and O–H groups in total. The van der Waals surface area contributed by atoms with E-state index in [-0.39, 0.29) is 29.1 Å². The van der Waals surface area contributed by atoms with Gasteiger partial charge in [-0.1, -0.05) is 17.7 Å².